The predicted octanol–water partition coefficient (Wildman–Crippen LogP) is 2.00. The Hall–Kier alpha value is -1.20. The maximum absolute atomic E-state index is 4.55. The van der Waals surface area contributed by atoms with Gasteiger partial charge < -0.3 is 10.3 Å². The highest BCUT2D eigenvalue weighted by Gasteiger charge is 2.09. The fourth-order valence-corrected chi connectivity index (χ4v) is 2.01. The Morgan fingerprint density at radius 2 is 2.12 bits per heavy atom. The highest BCUT2D eigenvalue weighted by molar-refractivity contribution is 9.10. The summed E-state index contributed by atoms with van der Waals surface area (Å²) in [6.07, 6.45) is 4.42. The lowest BCUT2D eigenvalue weighted by atomic mass is 10.2. The third-order valence-corrected chi connectivity index (χ3v) is 2.85. The quantitative estimate of drug-likeness (QED) is 0.901. The van der Waals surface area contributed by atoms with Crippen LogP contribution >= 0.6 is 15.9 Å². The van der Waals surface area contributed by atoms with Crippen molar-refractivity contribution in [1.29, 1.82) is 0 Å². The maximum atomic E-state index is 4.55. The molecule has 4 nitrogen and oxygen atoms in total. The summed E-state index contributed by atoms with van der Waals surface area (Å²) in [5, 5.41) is 3.10. The minimum Gasteiger partial charge on any atom is -0.336 e. The van der Waals surface area contributed by atoms with E-state index in [-0.39, 0.29) is 0 Å². The normalized spacial score (nSPS) is 10.6. The summed E-state index contributed by atoms with van der Waals surface area (Å²) in [6, 6.07) is 3.89. The Labute approximate surface area is 103 Å². The SMILES string of the molecule is CNCCc1nc(-c2ccncc2)c(Br)[nH]1. The van der Waals surface area contributed by atoms with Gasteiger partial charge in [0.15, 0.2) is 0 Å². The van der Waals surface area contributed by atoms with Crippen molar-refractivity contribution in [3.63, 3.8) is 0 Å². The third-order valence-electron chi connectivity index (χ3n) is 2.27. The number of hydrogen-bond acceptors (Lipinski definition) is 3. The number of halogens is 1. The molecule has 0 spiro atoms. The summed E-state index contributed by atoms with van der Waals surface area (Å²) in [4.78, 5) is 11.8. The molecule has 2 N–H and O–H groups in total. The summed E-state index contributed by atoms with van der Waals surface area (Å²) in [5.74, 6) is 0.980. The van der Waals surface area contributed by atoms with E-state index in [4.69, 9.17) is 0 Å². The Bertz CT molecular complexity index is 452. The number of pyridine rings is 1. The van der Waals surface area contributed by atoms with Crippen molar-refractivity contribution in [3.05, 3.63) is 35.0 Å². The van der Waals surface area contributed by atoms with Gasteiger partial charge in [-0.1, -0.05) is 0 Å². The van der Waals surface area contributed by atoms with Crippen molar-refractivity contribution in [2.24, 2.45) is 0 Å². The number of nitrogens with one attached hydrogen (secondary N) is 2. The van der Waals surface area contributed by atoms with Crippen LogP contribution in [0.2, 0.25) is 0 Å². The van der Waals surface area contributed by atoms with E-state index in [1.54, 1.807) is 12.4 Å². The van der Waals surface area contributed by atoms with Crippen LogP contribution in [0.15, 0.2) is 29.1 Å². The zero-order valence-corrected chi connectivity index (χ0v) is 10.6. The average Bonchev–Trinajstić information content (AvgIpc) is 2.69. The number of imidazole rings is 1. The van der Waals surface area contributed by atoms with E-state index in [0.717, 1.165) is 34.7 Å². The van der Waals surface area contributed by atoms with Gasteiger partial charge >= 0.3 is 0 Å². The number of H-pyrrole nitrogens is 1. The first-order valence-electron chi connectivity index (χ1n) is 5.10. The fraction of sp³-hybridized carbons (Fsp3) is 0.273. The second-order valence-corrected chi connectivity index (χ2v) is 4.23. The number of rotatable bonds is 4. The minimum absolute atomic E-state index is 0.889. The van der Waals surface area contributed by atoms with E-state index in [1.165, 1.54) is 0 Å². The Morgan fingerprint density at radius 3 is 2.81 bits per heavy atom. The van der Waals surface area contributed by atoms with Gasteiger partial charge in [0.2, 0.25) is 0 Å². The molecule has 0 bridgehead atoms. The van der Waals surface area contributed by atoms with Gasteiger partial charge in [-0.2, -0.15) is 0 Å². The van der Waals surface area contributed by atoms with Crippen molar-refractivity contribution in [1.82, 2.24) is 20.3 Å². The summed E-state index contributed by atoms with van der Waals surface area (Å²) in [7, 11) is 1.93. The summed E-state index contributed by atoms with van der Waals surface area (Å²) >= 11 is 3.49. The van der Waals surface area contributed by atoms with Crippen molar-refractivity contribution in [2.75, 3.05) is 13.6 Å². The molecule has 2 rings (SSSR count). The van der Waals surface area contributed by atoms with E-state index in [2.05, 4.69) is 36.2 Å². The monoisotopic (exact) mass is 280 g/mol. The molecule has 0 aliphatic carbocycles. The zero-order chi connectivity index (χ0) is 11.4. The average molecular weight is 281 g/mol. The molecule has 0 aliphatic rings. The standard InChI is InChI=1S/C11H13BrN4/c1-13-5-4-9-15-10(11(12)16-9)8-2-6-14-7-3-8/h2-3,6-7,13H,4-5H2,1H3,(H,15,16). The second kappa shape index (κ2) is 5.23. The van der Waals surface area contributed by atoms with Crippen LogP contribution in [0.4, 0.5) is 0 Å². The van der Waals surface area contributed by atoms with Gasteiger partial charge in [-0.3, -0.25) is 4.98 Å². The molecule has 5 heteroatoms. The van der Waals surface area contributed by atoms with Gasteiger partial charge in [-0.05, 0) is 35.1 Å². The molecule has 0 saturated heterocycles. The highest BCUT2D eigenvalue weighted by atomic mass is 79.9. The number of nitrogens with zero attached hydrogens (tertiary/aromatic N) is 2. The van der Waals surface area contributed by atoms with Gasteiger partial charge in [0.05, 0.1) is 0 Å². The van der Waals surface area contributed by atoms with Crippen molar-refractivity contribution in [2.45, 2.75) is 6.42 Å². The smallest absolute Gasteiger partial charge is 0.110 e. The Kier molecular flexibility index (Phi) is 3.69. The van der Waals surface area contributed by atoms with Gasteiger partial charge in [-0.25, -0.2) is 4.98 Å². The molecule has 2 heterocycles. The lowest BCUT2D eigenvalue weighted by Gasteiger charge is -1.95. The molecule has 2 aromatic heterocycles. The highest BCUT2D eigenvalue weighted by Crippen LogP contribution is 2.25. The Morgan fingerprint density at radius 1 is 1.38 bits per heavy atom. The van der Waals surface area contributed by atoms with Gasteiger partial charge in [0.1, 0.15) is 16.1 Å². The van der Waals surface area contributed by atoms with Crippen LogP contribution in [0.25, 0.3) is 11.3 Å². The lowest BCUT2D eigenvalue weighted by Crippen LogP contribution is -2.11. The van der Waals surface area contributed by atoms with Crippen LogP contribution in [-0.4, -0.2) is 28.5 Å². The molecule has 0 aliphatic heterocycles. The van der Waals surface area contributed by atoms with E-state index in [1.807, 2.05) is 19.2 Å². The van der Waals surface area contributed by atoms with Crippen LogP contribution in [0, 0.1) is 0 Å². The van der Waals surface area contributed by atoms with E-state index in [0.29, 0.717) is 0 Å². The van der Waals surface area contributed by atoms with Crippen molar-refractivity contribution in [3.8, 4) is 11.3 Å². The first-order chi connectivity index (χ1) is 7.81. The van der Waals surface area contributed by atoms with Crippen LogP contribution < -0.4 is 5.32 Å². The first kappa shape index (κ1) is 11.3. The molecule has 0 aromatic carbocycles. The second-order valence-electron chi connectivity index (χ2n) is 3.44. The molecule has 84 valence electrons. The topological polar surface area (TPSA) is 53.6 Å². The van der Waals surface area contributed by atoms with Crippen molar-refractivity contribution >= 4 is 15.9 Å². The lowest BCUT2D eigenvalue weighted by molar-refractivity contribution is 0.764. The van der Waals surface area contributed by atoms with Gasteiger partial charge in [0.25, 0.3) is 0 Å². The molecule has 0 unspecified atom stereocenters. The molecule has 0 amide bonds. The first-order valence-corrected chi connectivity index (χ1v) is 5.90. The van der Waals surface area contributed by atoms with E-state index < -0.39 is 0 Å². The summed E-state index contributed by atoms with van der Waals surface area (Å²) < 4.78 is 0.921. The van der Waals surface area contributed by atoms with Gasteiger partial charge in [-0.15, -0.1) is 0 Å². The molecular weight excluding hydrogens is 268 g/mol. The van der Waals surface area contributed by atoms with Crippen LogP contribution in [0.1, 0.15) is 5.82 Å². The number of likely N-dealkylation sites (N-methyl/N-ethyl adjacent to an activating group) is 1. The van der Waals surface area contributed by atoms with Crippen LogP contribution in [-0.2, 0) is 6.42 Å². The fourth-order valence-electron chi connectivity index (χ4n) is 1.46. The zero-order valence-electron chi connectivity index (χ0n) is 9.00. The van der Waals surface area contributed by atoms with Crippen LogP contribution in [0.5, 0.6) is 0 Å². The molecule has 0 fully saturated rings. The molecule has 0 radical (unpaired) electrons. The van der Waals surface area contributed by atoms with Crippen LogP contribution in [0.3, 0.4) is 0 Å². The minimum atomic E-state index is 0.889. The molecule has 2 aromatic rings. The number of aromatic amines is 1. The molecule has 0 saturated carbocycles. The maximum Gasteiger partial charge on any atom is 0.110 e. The van der Waals surface area contributed by atoms with E-state index in [9.17, 15) is 0 Å². The molecule has 0 atom stereocenters. The Balaban J connectivity index is 2.25. The van der Waals surface area contributed by atoms with Crippen molar-refractivity contribution < 1.29 is 0 Å². The molecule has 16 heavy (non-hydrogen) atoms. The largest absolute Gasteiger partial charge is 0.336 e. The number of hydrogen-bond donors (Lipinski definition) is 2. The van der Waals surface area contributed by atoms with Gasteiger partial charge in [0, 0.05) is 30.9 Å². The summed E-state index contributed by atoms with van der Waals surface area (Å²) in [6.45, 7) is 0.912. The third kappa shape index (κ3) is 2.48. The molecular formula is C11H13BrN4. The predicted molar refractivity (Wildman–Crippen MR) is 67.1 cm³/mol. The number of aromatic nitrogens is 3. The summed E-state index contributed by atoms with van der Waals surface area (Å²) in [5.41, 5.74) is 2.00. The van der Waals surface area contributed by atoms with E-state index >= 15 is 0 Å².